The molecule has 0 amide bonds. The number of rotatable bonds is 5. The Bertz CT molecular complexity index is 631. The molecular weight excluding hydrogens is 250 g/mol. The second-order valence-electron chi connectivity index (χ2n) is 4.59. The molecule has 2 aromatic carbocycles. The van der Waals surface area contributed by atoms with Crippen LogP contribution in [-0.2, 0) is 13.0 Å². The molecule has 0 aliphatic rings. The molecular formula is C17H15NO2. The summed E-state index contributed by atoms with van der Waals surface area (Å²) in [7, 11) is 0. The Balaban J connectivity index is 1.59. The van der Waals surface area contributed by atoms with Crippen LogP contribution in [0.1, 0.15) is 16.8 Å². The molecule has 0 bridgehead atoms. The molecule has 3 aromatic rings. The third-order valence-corrected chi connectivity index (χ3v) is 3.05. The number of benzene rings is 2. The van der Waals surface area contributed by atoms with E-state index in [1.807, 2.05) is 36.4 Å². The molecule has 0 radical (unpaired) electrons. The Labute approximate surface area is 117 Å². The van der Waals surface area contributed by atoms with Gasteiger partial charge in [-0.15, -0.1) is 0 Å². The topological polar surface area (TPSA) is 35.3 Å². The summed E-state index contributed by atoms with van der Waals surface area (Å²) in [6, 6.07) is 20.1. The molecule has 0 N–H and O–H groups in total. The highest BCUT2D eigenvalue weighted by molar-refractivity contribution is 5.29. The maximum absolute atomic E-state index is 5.75. The van der Waals surface area contributed by atoms with Crippen molar-refractivity contribution in [1.82, 2.24) is 5.16 Å². The van der Waals surface area contributed by atoms with E-state index in [9.17, 15) is 0 Å². The first-order chi connectivity index (χ1) is 9.90. The van der Waals surface area contributed by atoms with E-state index in [4.69, 9.17) is 9.26 Å². The molecule has 20 heavy (non-hydrogen) atoms. The normalized spacial score (nSPS) is 10.4. The molecule has 3 rings (SSSR count). The van der Waals surface area contributed by atoms with Crippen LogP contribution in [0.2, 0.25) is 0 Å². The quantitative estimate of drug-likeness (QED) is 0.703. The number of hydrogen-bond acceptors (Lipinski definition) is 3. The van der Waals surface area contributed by atoms with Gasteiger partial charge in [0.25, 0.3) is 0 Å². The van der Waals surface area contributed by atoms with Crippen molar-refractivity contribution in [2.24, 2.45) is 0 Å². The van der Waals surface area contributed by atoms with Gasteiger partial charge < -0.3 is 9.26 Å². The van der Waals surface area contributed by atoms with Gasteiger partial charge in [-0.05, 0) is 23.3 Å². The molecule has 0 unspecified atom stereocenters. The summed E-state index contributed by atoms with van der Waals surface area (Å²) in [5.74, 6) is 0.873. The lowest BCUT2D eigenvalue weighted by atomic mass is 10.1. The van der Waals surface area contributed by atoms with Gasteiger partial charge in [0, 0.05) is 12.5 Å². The lowest BCUT2D eigenvalue weighted by Gasteiger charge is -2.07. The first-order valence-corrected chi connectivity index (χ1v) is 6.55. The molecule has 3 heteroatoms. The van der Waals surface area contributed by atoms with Crippen molar-refractivity contribution in [2.45, 2.75) is 13.0 Å². The summed E-state index contributed by atoms with van der Waals surface area (Å²) in [5, 5.41) is 3.90. The fourth-order valence-electron chi connectivity index (χ4n) is 1.98. The standard InChI is InChI=1S/C17H15NO2/c1-2-4-15(5-3-1)13-19-17-8-6-14(7-9-17)12-16-10-11-20-18-16/h1-11H,12-13H2. The zero-order valence-electron chi connectivity index (χ0n) is 11.0. The van der Waals surface area contributed by atoms with E-state index in [1.54, 1.807) is 6.26 Å². The Morgan fingerprint density at radius 3 is 2.35 bits per heavy atom. The summed E-state index contributed by atoms with van der Waals surface area (Å²) in [6.07, 6.45) is 2.36. The molecule has 0 aliphatic carbocycles. The van der Waals surface area contributed by atoms with Crippen molar-refractivity contribution in [2.75, 3.05) is 0 Å². The highest BCUT2D eigenvalue weighted by Crippen LogP contribution is 2.16. The van der Waals surface area contributed by atoms with Crippen LogP contribution in [0, 0.1) is 0 Å². The molecule has 0 spiro atoms. The minimum atomic E-state index is 0.587. The van der Waals surface area contributed by atoms with Crippen LogP contribution in [0.5, 0.6) is 5.75 Å². The van der Waals surface area contributed by atoms with Gasteiger partial charge in [-0.25, -0.2) is 0 Å². The van der Waals surface area contributed by atoms with Crippen LogP contribution in [0.4, 0.5) is 0 Å². The zero-order valence-corrected chi connectivity index (χ0v) is 11.0. The predicted molar refractivity (Wildman–Crippen MR) is 76.5 cm³/mol. The van der Waals surface area contributed by atoms with Crippen molar-refractivity contribution in [1.29, 1.82) is 0 Å². The second-order valence-corrected chi connectivity index (χ2v) is 4.59. The number of ether oxygens (including phenoxy) is 1. The van der Waals surface area contributed by atoms with Crippen LogP contribution in [-0.4, -0.2) is 5.16 Å². The average molecular weight is 265 g/mol. The summed E-state index contributed by atoms with van der Waals surface area (Å²) in [5.41, 5.74) is 3.29. The maximum atomic E-state index is 5.75. The summed E-state index contributed by atoms with van der Waals surface area (Å²) < 4.78 is 10.6. The second kappa shape index (κ2) is 6.06. The molecule has 0 atom stereocenters. The van der Waals surface area contributed by atoms with E-state index < -0.39 is 0 Å². The van der Waals surface area contributed by atoms with Gasteiger partial charge in [0.15, 0.2) is 0 Å². The van der Waals surface area contributed by atoms with Gasteiger partial charge >= 0.3 is 0 Å². The van der Waals surface area contributed by atoms with E-state index in [1.165, 1.54) is 11.1 Å². The number of hydrogen-bond donors (Lipinski definition) is 0. The summed E-state index contributed by atoms with van der Waals surface area (Å²) in [4.78, 5) is 0. The van der Waals surface area contributed by atoms with Gasteiger partial charge in [0.2, 0.25) is 0 Å². The molecule has 0 saturated heterocycles. The lowest BCUT2D eigenvalue weighted by Crippen LogP contribution is -1.95. The fourth-order valence-corrected chi connectivity index (χ4v) is 1.98. The van der Waals surface area contributed by atoms with Crippen molar-refractivity contribution in [3.05, 3.63) is 83.7 Å². The molecule has 1 heterocycles. The maximum Gasteiger partial charge on any atom is 0.124 e. The van der Waals surface area contributed by atoms with Crippen molar-refractivity contribution >= 4 is 0 Å². The number of aromatic nitrogens is 1. The Hall–Kier alpha value is -2.55. The summed E-state index contributed by atoms with van der Waals surface area (Å²) in [6.45, 7) is 0.587. The minimum Gasteiger partial charge on any atom is -0.489 e. The third-order valence-electron chi connectivity index (χ3n) is 3.05. The molecule has 1 aromatic heterocycles. The molecule has 0 saturated carbocycles. The lowest BCUT2D eigenvalue weighted by molar-refractivity contribution is 0.306. The van der Waals surface area contributed by atoms with E-state index in [-0.39, 0.29) is 0 Å². The van der Waals surface area contributed by atoms with E-state index >= 15 is 0 Å². The summed E-state index contributed by atoms with van der Waals surface area (Å²) >= 11 is 0. The molecule has 3 nitrogen and oxygen atoms in total. The monoisotopic (exact) mass is 265 g/mol. The Morgan fingerprint density at radius 2 is 1.65 bits per heavy atom. The van der Waals surface area contributed by atoms with Gasteiger partial charge in [-0.3, -0.25) is 0 Å². The first kappa shape index (κ1) is 12.5. The van der Waals surface area contributed by atoms with Crippen molar-refractivity contribution in [3.63, 3.8) is 0 Å². The van der Waals surface area contributed by atoms with Gasteiger partial charge in [0.05, 0.1) is 5.69 Å². The first-order valence-electron chi connectivity index (χ1n) is 6.55. The smallest absolute Gasteiger partial charge is 0.124 e. The molecule has 0 aliphatic heterocycles. The van der Waals surface area contributed by atoms with Crippen molar-refractivity contribution in [3.8, 4) is 5.75 Å². The van der Waals surface area contributed by atoms with Gasteiger partial charge in [0.1, 0.15) is 18.6 Å². The van der Waals surface area contributed by atoms with Crippen LogP contribution < -0.4 is 4.74 Å². The van der Waals surface area contributed by atoms with Crippen LogP contribution in [0.25, 0.3) is 0 Å². The highest BCUT2D eigenvalue weighted by Gasteiger charge is 2.00. The highest BCUT2D eigenvalue weighted by atomic mass is 16.5. The predicted octanol–water partition coefficient (Wildman–Crippen LogP) is 3.84. The van der Waals surface area contributed by atoms with Gasteiger partial charge in [-0.1, -0.05) is 47.6 Å². The van der Waals surface area contributed by atoms with Crippen molar-refractivity contribution < 1.29 is 9.26 Å². The zero-order chi connectivity index (χ0) is 13.6. The van der Waals surface area contributed by atoms with E-state index in [0.29, 0.717) is 6.61 Å². The van der Waals surface area contributed by atoms with E-state index in [2.05, 4.69) is 29.4 Å². The van der Waals surface area contributed by atoms with Crippen LogP contribution in [0.3, 0.4) is 0 Å². The van der Waals surface area contributed by atoms with Crippen LogP contribution >= 0.6 is 0 Å². The average Bonchev–Trinajstić information content (AvgIpc) is 3.01. The van der Waals surface area contributed by atoms with Gasteiger partial charge in [-0.2, -0.15) is 0 Å². The Kier molecular flexibility index (Phi) is 3.78. The largest absolute Gasteiger partial charge is 0.489 e. The SMILES string of the molecule is c1ccc(COc2ccc(Cc3ccon3)cc2)cc1. The third kappa shape index (κ3) is 3.26. The Morgan fingerprint density at radius 1 is 0.850 bits per heavy atom. The fraction of sp³-hybridized carbons (Fsp3) is 0.118. The molecule has 100 valence electrons. The molecule has 0 fully saturated rings. The minimum absolute atomic E-state index is 0.587. The van der Waals surface area contributed by atoms with E-state index in [0.717, 1.165) is 17.9 Å². The van der Waals surface area contributed by atoms with Crippen LogP contribution in [0.15, 0.2) is 71.4 Å². The number of nitrogens with zero attached hydrogens (tertiary/aromatic N) is 1.